The summed E-state index contributed by atoms with van der Waals surface area (Å²) in [5.74, 6) is 0. The zero-order valence-corrected chi connectivity index (χ0v) is 9.15. The smallest absolute Gasteiger partial charge is 0.409 e. The summed E-state index contributed by atoms with van der Waals surface area (Å²) in [4.78, 5) is 25.9. The molecular weight excluding hydrogens is 198 g/mol. The van der Waals surface area contributed by atoms with Crippen molar-refractivity contribution < 1.29 is 14.3 Å². The first-order valence-electron chi connectivity index (χ1n) is 5.04. The second kappa shape index (κ2) is 5.43. The van der Waals surface area contributed by atoms with Crippen molar-refractivity contribution in [2.24, 2.45) is 0 Å². The fourth-order valence-corrected chi connectivity index (χ4v) is 1.48. The number of methoxy groups -OCH3 is 1. The van der Waals surface area contributed by atoms with E-state index in [1.165, 1.54) is 7.11 Å². The summed E-state index contributed by atoms with van der Waals surface area (Å²) >= 11 is 0. The van der Waals surface area contributed by atoms with Crippen LogP contribution in [0.25, 0.3) is 0 Å². The largest absolute Gasteiger partial charge is 0.453 e. The summed E-state index contributed by atoms with van der Waals surface area (Å²) in [5, 5.41) is 2.73. The van der Waals surface area contributed by atoms with Crippen LogP contribution in [0.2, 0.25) is 0 Å². The van der Waals surface area contributed by atoms with E-state index in [-0.39, 0.29) is 12.1 Å². The molecule has 0 unspecified atom stereocenters. The molecule has 6 nitrogen and oxygen atoms in total. The Hall–Kier alpha value is -1.46. The minimum Gasteiger partial charge on any atom is -0.453 e. The molecule has 0 aromatic rings. The van der Waals surface area contributed by atoms with Crippen LogP contribution in [0.1, 0.15) is 6.92 Å². The Bertz CT molecular complexity index is 237. The van der Waals surface area contributed by atoms with Crippen molar-refractivity contribution in [3.63, 3.8) is 0 Å². The number of amides is 3. The van der Waals surface area contributed by atoms with Gasteiger partial charge in [-0.15, -0.1) is 0 Å². The Balaban J connectivity index is 2.35. The van der Waals surface area contributed by atoms with Gasteiger partial charge in [0, 0.05) is 32.7 Å². The molecule has 0 radical (unpaired) electrons. The van der Waals surface area contributed by atoms with E-state index in [1.807, 2.05) is 6.92 Å². The third-order valence-electron chi connectivity index (χ3n) is 2.33. The molecule has 6 heteroatoms. The van der Waals surface area contributed by atoms with E-state index in [9.17, 15) is 9.59 Å². The number of rotatable bonds is 1. The van der Waals surface area contributed by atoms with Gasteiger partial charge in [0.15, 0.2) is 0 Å². The van der Waals surface area contributed by atoms with Crippen molar-refractivity contribution in [1.29, 1.82) is 0 Å². The van der Waals surface area contributed by atoms with E-state index in [1.54, 1.807) is 9.80 Å². The highest BCUT2D eigenvalue weighted by molar-refractivity contribution is 5.74. The van der Waals surface area contributed by atoms with Gasteiger partial charge in [-0.25, -0.2) is 9.59 Å². The van der Waals surface area contributed by atoms with Gasteiger partial charge in [-0.3, -0.25) is 0 Å². The fourth-order valence-electron chi connectivity index (χ4n) is 1.48. The minimum absolute atomic E-state index is 0.0676. The number of nitrogens with one attached hydrogen (secondary N) is 1. The Morgan fingerprint density at radius 2 is 1.73 bits per heavy atom. The highest BCUT2D eigenvalue weighted by atomic mass is 16.5. The van der Waals surface area contributed by atoms with Crippen LogP contribution in [0, 0.1) is 0 Å². The van der Waals surface area contributed by atoms with E-state index in [0.29, 0.717) is 32.7 Å². The molecule has 15 heavy (non-hydrogen) atoms. The molecule has 0 bridgehead atoms. The first-order valence-corrected chi connectivity index (χ1v) is 5.04. The standard InChI is InChI=1S/C9H17N3O3/c1-3-10-8(13)11-4-6-12(7-5-11)9(14)15-2/h3-7H2,1-2H3,(H,10,13). The maximum Gasteiger partial charge on any atom is 0.409 e. The molecule has 1 heterocycles. The van der Waals surface area contributed by atoms with E-state index < -0.39 is 0 Å². The molecule has 86 valence electrons. The zero-order chi connectivity index (χ0) is 11.3. The van der Waals surface area contributed by atoms with Gasteiger partial charge in [0.2, 0.25) is 0 Å². The van der Waals surface area contributed by atoms with Crippen molar-refractivity contribution in [3.05, 3.63) is 0 Å². The highest BCUT2D eigenvalue weighted by Crippen LogP contribution is 2.03. The molecule has 0 saturated carbocycles. The van der Waals surface area contributed by atoms with Crippen LogP contribution in [0.4, 0.5) is 9.59 Å². The summed E-state index contributed by atoms with van der Waals surface area (Å²) in [7, 11) is 1.36. The number of urea groups is 1. The summed E-state index contributed by atoms with van der Waals surface area (Å²) in [5.41, 5.74) is 0. The average molecular weight is 215 g/mol. The molecule has 1 saturated heterocycles. The minimum atomic E-state index is -0.328. The second-order valence-corrected chi connectivity index (χ2v) is 3.28. The molecule has 1 aliphatic rings. The third kappa shape index (κ3) is 3.00. The predicted molar refractivity (Wildman–Crippen MR) is 54.6 cm³/mol. The number of carbonyl (C=O) groups is 2. The third-order valence-corrected chi connectivity index (χ3v) is 2.33. The lowest BCUT2D eigenvalue weighted by Gasteiger charge is -2.33. The molecule has 1 fully saturated rings. The number of hydrogen-bond donors (Lipinski definition) is 1. The number of piperazine rings is 1. The van der Waals surface area contributed by atoms with Gasteiger partial charge in [0.05, 0.1) is 7.11 Å². The Kier molecular flexibility index (Phi) is 4.20. The quantitative estimate of drug-likeness (QED) is 0.674. The lowest BCUT2D eigenvalue weighted by atomic mass is 10.3. The van der Waals surface area contributed by atoms with Crippen molar-refractivity contribution in [3.8, 4) is 0 Å². The van der Waals surface area contributed by atoms with E-state index in [2.05, 4.69) is 10.1 Å². The highest BCUT2D eigenvalue weighted by Gasteiger charge is 2.23. The van der Waals surface area contributed by atoms with Gasteiger partial charge in [-0.2, -0.15) is 0 Å². The van der Waals surface area contributed by atoms with Gasteiger partial charge in [-0.05, 0) is 6.92 Å². The molecule has 0 aliphatic carbocycles. The molecule has 3 amide bonds. The first kappa shape index (κ1) is 11.6. The average Bonchev–Trinajstić information content (AvgIpc) is 2.28. The zero-order valence-electron chi connectivity index (χ0n) is 9.15. The molecule has 1 N–H and O–H groups in total. The second-order valence-electron chi connectivity index (χ2n) is 3.28. The Morgan fingerprint density at radius 1 is 1.20 bits per heavy atom. The number of carbonyl (C=O) groups excluding carboxylic acids is 2. The van der Waals surface area contributed by atoms with Gasteiger partial charge in [0.1, 0.15) is 0 Å². The van der Waals surface area contributed by atoms with Crippen LogP contribution in [-0.2, 0) is 4.74 Å². The fraction of sp³-hybridized carbons (Fsp3) is 0.778. The molecule has 0 atom stereocenters. The van der Waals surface area contributed by atoms with Crippen molar-refractivity contribution >= 4 is 12.1 Å². The topological polar surface area (TPSA) is 61.9 Å². The number of hydrogen-bond acceptors (Lipinski definition) is 3. The van der Waals surface area contributed by atoms with Gasteiger partial charge >= 0.3 is 12.1 Å². The molecule has 0 aromatic heterocycles. The van der Waals surface area contributed by atoms with E-state index >= 15 is 0 Å². The lowest BCUT2D eigenvalue weighted by Crippen LogP contribution is -2.53. The van der Waals surface area contributed by atoms with Crippen molar-refractivity contribution in [1.82, 2.24) is 15.1 Å². The summed E-state index contributed by atoms with van der Waals surface area (Å²) < 4.78 is 4.60. The predicted octanol–water partition coefficient (Wildman–Crippen LogP) is 0.0999. The summed E-state index contributed by atoms with van der Waals surface area (Å²) in [6, 6.07) is -0.0676. The van der Waals surface area contributed by atoms with Crippen LogP contribution in [0.3, 0.4) is 0 Å². The van der Waals surface area contributed by atoms with Crippen molar-refractivity contribution in [2.75, 3.05) is 39.8 Å². The molecule has 1 aliphatic heterocycles. The number of ether oxygens (including phenoxy) is 1. The van der Waals surface area contributed by atoms with Gasteiger partial charge in [-0.1, -0.05) is 0 Å². The molecule has 1 rings (SSSR count). The number of nitrogens with zero attached hydrogens (tertiary/aromatic N) is 2. The van der Waals surface area contributed by atoms with E-state index in [4.69, 9.17) is 0 Å². The molecule has 0 spiro atoms. The maximum absolute atomic E-state index is 11.4. The lowest BCUT2D eigenvalue weighted by molar-refractivity contribution is 0.0972. The van der Waals surface area contributed by atoms with Crippen LogP contribution >= 0.6 is 0 Å². The normalized spacial score (nSPS) is 16.1. The van der Waals surface area contributed by atoms with E-state index in [0.717, 1.165) is 0 Å². The van der Waals surface area contributed by atoms with Gasteiger partial charge in [0.25, 0.3) is 0 Å². The summed E-state index contributed by atoms with van der Waals surface area (Å²) in [6.07, 6.45) is -0.328. The first-order chi connectivity index (χ1) is 7.19. The Labute approximate surface area is 89.2 Å². The van der Waals surface area contributed by atoms with Gasteiger partial charge < -0.3 is 19.9 Å². The molecule has 0 aromatic carbocycles. The summed E-state index contributed by atoms with van der Waals surface area (Å²) in [6.45, 7) is 4.67. The van der Waals surface area contributed by atoms with Crippen LogP contribution in [0.15, 0.2) is 0 Å². The Morgan fingerprint density at radius 3 is 2.20 bits per heavy atom. The van der Waals surface area contributed by atoms with Crippen LogP contribution in [-0.4, -0.2) is 61.8 Å². The van der Waals surface area contributed by atoms with Crippen LogP contribution < -0.4 is 5.32 Å². The molecular formula is C9H17N3O3. The SMILES string of the molecule is CCNC(=O)N1CCN(C(=O)OC)CC1. The van der Waals surface area contributed by atoms with Crippen molar-refractivity contribution in [2.45, 2.75) is 6.92 Å². The monoisotopic (exact) mass is 215 g/mol. The maximum atomic E-state index is 11.4. The van der Waals surface area contributed by atoms with Crippen LogP contribution in [0.5, 0.6) is 0 Å².